The Labute approximate surface area is 189 Å². The third kappa shape index (κ3) is 4.54. The minimum atomic E-state index is 0.557. The fourth-order valence-corrected chi connectivity index (χ4v) is 4.10. The lowest BCUT2D eigenvalue weighted by atomic mass is 9.83. The number of rotatable bonds is 11. The summed E-state index contributed by atoms with van der Waals surface area (Å²) in [4.78, 5) is 9.67. The molecule has 8 nitrogen and oxygen atoms in total. The number of methoxy groups -OCH3 is 3. The van der Waals surface area contributed by atoms with Crippen LogP contribution >= 0.6 is 0 Å². The average molecular weight is 440 g/mol. The first-order chi connectivity index (χ1) is 15.7. The summed E-state index contributed by atoms with van der Waals surface area (Å²) in [6.07, 6.45) is 6.30. The molecule has 1 aliphatic carbocycles. The van der Waals surface area contributed by atoms with Gasteiger partial charge in [-0.05, 0) is 30.9 Å². The van der Waals surface area contributed by atoms with Gasteiger partial charge >= 0.3 is 0 Å². The molecule has 1 aromatic carbocycles. The van der Waals surface area contributed by atoms with Crippen LogP contribution in [0.1, 0.15) is 39.0 Å². The van der Waals surface area contributed by atoms with Crippen molar-refractivity contribution in [3.8, 4) is 17.2 Å². The number of nitrogens with one attached hydrogen (secondary N) is 2. The highest BCUT2D eigenvalue weighted by atomic mass is 16.5. The van der Waals surface area contributed by atoms with Gasteiger partial charge < -0.3 is 24.8 Å². The van der Waals surface area contributed by atoms with Crippen molar-refractivity contribution < 1.29 is 14.2 Å². The third-order valence-corrected chi connectivity index (χ3v) is 6.04. The minimum Gasteiger partial charge on any atom is -0.493 e. The molecule has 0 amide bonds. The fraction of sp³-hybridized carbons (Fsp3) is 0.500. The molecule has 0 aliphatic heterocycles. The van der Waals surface area contributed by atoms with E-state index < -0.39 is 0 Å². The van der Waals surface area contributed by atoms with Crippen LogP contribution in [0.3, 0.4) is 0 Å². The van der Waals surface area contributed by atoms with Crippen LogP contribution in [0.5, 0.6) is 17.2 Å². The molecule has 0 unspecified atom stereocenters. The Balaban J connectivity index is 1.61. The van der Waals surface area contributed by atoms with Crippen molar-refractivity contribution >= 4 is 28.6 Å². The SMILES string of the molecule is CCCn1c(Nc2cc(OC)c(OC)c(OC)c2)nc2ccc(NCCC3CCC3)nc21. The predicted molar refractivity (Wildman–Crippen MR) is 128 cm³/mol. The van der Waals surface area contributed by atoms with Gasteiger partial charge in [0.05, 0.1) is 21.3 Å². The molecule has 8 heteroatoms. The highest BCUT2D eigenvalue weighted by Crippen LogP contribution is 2.40. The van der Waals surface area contributed by atoms with E-state index in [0.717, 1.165) is 54.0 Å². The third-order valence-electron chi connectivity index (χ3n) is 6.04. The summed E-state index contributed by atoms with van der Waals surface area (Å²) >= 11 is 0. The van der Waals surface area contributed by atoms with E-state index in [1.807, 2.05) is 24.3 Å². The van der Waals surface area contributed by atoms with Crippen LogP contribution in [0.25, 0.3) is 11.2 Å². The quantitative estimate of drug-likeness (QED) is 0.424. The molecule has 2 heterocycles. The van der Waals surface area contributed by atoms with E-state index in [1.165, 1.54) is 25.7 Å². The first-order valence-electron chi connectivity index (χ1n) is 11.3. The number of nitrogens with zero attached hydrogens (tertiary/aromatic N) is 3. The monoisotopic (exact) mass is 439 g/mol. The molecule has 3 aromatic rings. The van der Waals surface area contributed by atoms with E-state index >= 15 is 0 Å². The zero-order valence-electron chi connectivity index (χ0n) is 19.4. The predicted octanol–water partition coefficient (Wildman–Crippen LogP) is 5.21. The Bertz CT molecular complexity index is 1040. The molecule has 0 spiro atoms. The van der Waals surface area contributed by atoms with Gasteiger partial charge in [-0.25, -0.2) is 9.97 Å². The highest BCUT2D eigenvalue weighted by Gasteiger charge is 2.18. The zero-order chi connectivity index (χ0) is 22.5. The van der Waals surface area contributed by atoms with E-state index in [0.29, 0.717) is 17.2 Å². The van der Waals surface area contributed by atoms with Crippen molar-refractivity contribution in [2.75, 3.05) is 38.5 Å². The molecular formula is C24H33N5O3. The second kappa shape index (κ2) is 9.97. The number of hydrogen-bond acceptors (Lipinski definition) is 7. The number of fused-ring (bicyclic) bond motifs is 1. The number of benzene rings is 1. The average Bonchev–Trinajstić information content (AvgIpc) is 3.11. The van der Waals surface area contributed by atoms with Crippen LogP contribution < -0.4 is 24.8 Å². The van der Waals surface area contributed by atoms with Crippen LogP contribution in [0.2, 0.25) is 0 Å². The Morgan fingerprint density at radius 1 is 1.03 bits per heavy atom. The van der Waals surface area contributed by atoms with E-state index in [2.05, 4.69) is 22.1 Å². The molecular weight excluding hydrogens is 406 g/mol. The maximum Gasteiger partial charge on any atom is 0.209 e. The minimum absolute atomic E-state index is 0.557. The zero-order valence-corrected chi connectivity index (χ0v) is 19.4. The summed E-state index contributed by atoms with van der Waals surface area (Å²) in [5, 5.41) is 6.90. The molecule has 1 saturated carbocycles. The summed E-state index contributed by atoms with van der Waals surface area (Å²) in [7, 11) is 4.81. The Morgan fingerprint density at radius 2 is 1.78 bits per heavy atom. The number of aromatic nitrogens is 3. The number of anilines is 3. The number of aryl methyl sites for hydroxylation is 1. The van der Waals surface area contributed by atoms with Gasteiger partial charge in [-0.2, -0.15) is 0 Å². The second-order valence-electron chi connectivity index (χ2n) is 8.18. The molecule has 2 aromatic heterocycles. The van der Waals surface area contributed by atoms with Gasteiger partial charge in [0.15, 0.2) is 17.1 Å². The molecule has 1 fully saturated rings. The molecule has 4 rings (SSSR count). The normalized spacial score (nSPS) is 13.6. The van der Waals surface area contributed by atoms with Gasteiger partial charge in [0.2, 0.25) is 11.7 Å². The molecule has 0 radical (unpaired) electrons. The lowest BCUT2D eigenvalue weighted by Crippen LogP contribution is -2.16. The van der Waals surface area contributed by atoms with E-state index in [4.69, 9.17) is 24.2 Å². The Morgan fingerprint density at radius 3 is 2.38 bits per heavy atom. The smallest absolute Gasteiger partial charge is 0.209 e. The topological polar surface area (TPSA) is 82.5 Å². The van der Waals surface area contributed by atoms with E-state index in [1.54, 1.807) is 21.3 Å². The van der Waals surface area contributed by atoms with Crippen LogP contribution in [-0.4, -0.2) is 42.4 Å². The van der Waals surface area contributed by atoms with Gasteiger partial charge in [-0.3, -0.25) is 4.57 Å². The van der Waals surface area contributed by atoms with E-state index in [9.17, 15) is 0 Å². The van der Waals surface area contributed by atoms with Gasteiger partial charge in [0.25, 0.3) is 0 Å². The van der Waals surface area contributed by atoms with Gasteiger partial charge in [0, 0.05) is 30.9 Å². The van der Waals surface area contributed by atoms with Gasteiger partial charge in [0.1, 0.15) is 11.3 Å². The van der Waals surface area contributed by atoms with Crippen molar-refractivity contribution in [2.45, 2.75) is 45.6 Å². The Hall–Kier alpha value is -3.16. The van der Waals surface area contributed by atoms with Crippen molar-refractivity contribution in [3.63, 3.8) is 0 Å². The molecule has 2 N–H and O–H groups in total. The number of ether oxygens (including phenoxy) is 3. The van der Waals surface area contributed by atoms with Crippen LogP contribution in [0.4, 0.5) is 17.5 Å². The first-order valence-corrected chi connectivity index (χ1v) is 11.3. The second-order valence-corrected chi connectivity index (χ2v) is 8.18. The van der Waals surface area contributed by atoms with Gasteiger partial charge in [-0.15, -0.1) is 0 Å². The maximum atomic E-state index is 5.48. The molecule has 32 heavy (non-hydrogen) atoms. The first kappa shape index (κ1) is 22.0. The Kier molecular flexibility index (Phi) is 6.87. The summed E-state index contributed by atoms with van der Waals surface area (Å²) < 4.78 is 18.5. The van der Waals surface area contributed by atoms with Crippen LogP contribution in [-0.2, 0) is 6.54 Å². The van der Waals surface area contributed by atoms with Crippen molar-refractivity contribution in [1.82, 2.24) is 14.5 Å². The molecule has 1 aliphatic rings. The molecule has 0 atom stereocenters. The summed E-state index contributed by atoms with van der Waals surface area (Å²) in [5.74, 6) is 4.24. The summed E-state index contributed by atoms with van der Waals surface area (Å²) in [6, 6.07) is 7.78. The lowest BCUT2D eigenvalue weighted by molar-refractivity contribution is 0.303. The molecule has 172 valence electrons. The highest BCUT2D eigenvalue weighted by molar-refractivity contribution is 5.78. The van der Waals surface area contributed by atoms with Crippen molar-refractivity contribution in [3.05, 3.63) is 24.3 Å². The summed E-state index contributed by atoms with van der Waals surface area (Å²) in [5.41, 5.74) is 2.53. The standard InChI is InChI=1S/C24H33N5O3/c1-5-13-29-23-18(9-10-21(28-23)25-12-11-16-7-6-8-16)27-24(29)26-17-14-19(30-2)22(32-4)20(15-17)31-3/h9-10,14-16H,5-8,11-13H2,1-4H3,(H,25,28)(H,26,27). The van der Waals surface area contributed by atoms with Crippen molar-refractivity contribution in [1.29, 1.82) is 0 Å². The fourth-order valence-electron chi connectivity index (χ4n) is 4.10. The van der Waals surface area contributed by atoms with Crippen molar-refractivity contribution in [2.24, 2.45) is 5.92 Å². The largest absolute Gasteiger partial charge is 0.493 e. The van der Waals surface area contributed by atoms with E-state index in [-0.39, 0.29) is 0 Å². The lowest BCUT2D eigenvalue weighted by Gasteiger charge is -2.25. The number of pyridine rings is 1. The molecule has 0 saturated heterocycles. The van der Waals surface area contributed by atoms with Crippen LogP contribution in [0.15, 0.2) is 24.3 Å². The number of hydrogen-bond donors (Lipinski definition) is 2. The molecule has 0 bridgehead atoms. The van der Waals surface area contributed by atoms with Crippen LogP contribution in [0, 0.1) is 5.92 Å². The number of imidazole rings is 1. The van der Waals surface area contributed by atoms with Gasteiger partial charge in [-0.1, -0.05) is 26.2 Å². The maximum absolute atomic E-state index is 5.48. The summed E-state index contributed by atoms with van der Waals surface area (Å²) in [6.45, 7) is 3.92.